The molecule has 1 heterocycles. The number of hydrogen-bond acceptors (Lipinski definition) is 4. The quantitative estimate of drug-likeness (QED) is 0.421. The van der Waals surface area contributed by atoms with Gasteiger partial charge in [-0.2, -0.15) is 0 Å². The van der Waals surface area contributed by atoms with Gasteiger partial charge in [0.2, 0.25) is 8.32 Å². The minimum atomic E-state index is -2.21. The van der Waals surface area contributed by atoms with Gasteiger partial charge in [-0.3, -0.25) is 0 Å². The summed E-state index contributed by atoms with van der Waals surface area (Å²) >= 11 is 0. The van der Waals surface area contributed by atoms with Crippen LogP contribution in [0.25, 0.3) is 0 Å². The fourth-order valence-corrected chi connectivity index (χ4v) is 9.21. The van der Waals surface area contributed by atoms with E-state index >= 15 is 0 Å². The van der Waals surface area contributed by atoms with Crippen LogP contribution in [0.3, 0.4) is 0 Å². The number of benzene rings is 1. The molecule has 0 radical (unpaired) electrons. The molecule has 27 heavy (non-hydrogen) atoms. The summed E-state index contributed by atoms with van der Waals surface area (Å²) in [5.41, 5.74) is 7.46. The van der Waals surface area contributed by atoms with Gasteiger partial charge < -0.3 is 18.7 Å². The molecule has 1 aliphatic heterocycles. The Morgan fingerprint density at radius 1 is 1.04 bits per heavy atom. The summed E-state index contributed by atoms with van der Waals surface area (Å²) in [6, 6.07) is 8.17. The molecule has 1 aliphatic rings. The molecule has 0 spiro atoms. The van der Waals surface area contributed by atoms with Crippen molar-refractivity contribution in [3.63, 3.8) is 0 Å². The average Bonchev–Trinajstić information content (AvgIpc) is 2.95. The predicted octanol–water partition coefficient (Wildman–Crippen LogP) is 4.54. The Kier molecular flexibility index (Phi) is 8.55. The Hall–Kier alpha value is -1.34. The molecule has 0 aliphatic carbocycles. The summed E-state index contributed by atoms with van der Waals surface area (Å²) in [5, 5.41) is 0. The van der Waals surface area contributed by atoms with Gasteiger partial charge in [-0.25, -0.2) is 0 Å². The summed E-state index contributed by atoms with van der Waals surface area (Å²) < 4.78 is 11.8. The largest absolute Gasteiger partial charge is 0.497 e. The molecule has 0 N–H and O–H groups in total. The molecule has 0 bridgehead atoms. The van der Waals surface area contributed by atoms with Crippen molar-refractivity contribution >= 4 is 16.6 Å². The molecule has 1 unspecified atom stereocenters. The number of nitrogens with zero attached hydrogens (tertiary/aromatic N) is 2. The van der Waals surface area contributed by atoms with E-state index in [0.29, 0.717) is 0 Å². The molecular weight excluding hydrogens is 551 g/mol. The van der Waals surface area contributed by atoms with Gasteiger partial charge in [0.15, 0.2) is 8.32 Å². The monoisotopic (exact) mass is 581 g/mol. The first-order chi connectivity index (χ1) is 12.2. The molecule has 0 aromatic heterocycles. The molecule has 7 heteroatoms. The van der Waals surface area contributed by atoms with Gasteiger partial charge in [0.1, 0.15) is 11.6 Å². The number of methoxy groups -OCH3 is 1. The summed E-state index contributed by atoms with van der Waals surface area (Å²) in [5.74, 6) is 2.00. The van der Waals surface area contributed by atoms with Crippen molar-refractivity contribution in [2.24, 2.45) is 0 Å². The smallest absolute Gasteiger partial charge is 0.230 e. The summed E-state index contributed by atoms with van der Waals surface area (Å²) in [7, 11) is -0.364. The van der Waals surface area contributed by atoms with Crippen molar-refractivity contribution in [2.75, 3.05) is 14.2 Å². The maximum absolute atomic E-state index is 6.53. The summed E-state index contributed by atoms with van der Waals surface area (Å²) in [6.45, 7) is 15.3. The molecule has 0 saturated heterocycles. The predicted molar refractivity (Wildman–Crippen MR) is 114 cm³/mol. The van der Waals surface area contributed by atoms with E-state index in [-0.39, 0.29) is 21.1 Å². The van der Waals surface area contributed by atoms with Crippen LogP contribution in [0.5, 0.6) is 5.75 Å². The van der Waals surface area contributed by atoms with Gasteiger partial charge in [0.25, 0.3) is 0 Å². The van der Waals surface area contributed by atoms with E-state index in [1.807, 2.05) is 23.5 Å². The molecule has 2 rings (SSSR count). The minimum Gasteiger partial charge on any atom is -0.497 e. The first kappa shape index (κ1) is 23.7. The minimum absolute atomic E-state index is 0. The van der Waals surface area contributed by atoms with Gasteiger partial charge in [0, 0.05) is 47.1 Å². The van der Waals surface area contributed by atoms with Crippen molar-refractivity contribution in [2.45, 2.75) is 26.2 Å². The van der Waals surface area contributed by atoms with E-state index < -0.39 is 16.6 Å². The molecule has 1 aromatic carbocycles. The first-order valence-corrected chi connectivity index (χ1v) is 14.3. The van der Waals surface area contributed by atoms with Crippen molar-refractivity contribution < 1.29 is 29.9 Å². The third-order valence-corrected chi connectivity index (χ3v) is 10.9. The molecular formula is C20H30N2O2PtSi2. The number of rotatable bonds is 8. The van der Waals surface area contributed by atoms with Crippen LogP contribution in [-0.2, 0) is 31.7 Å². The van der Waals surface area contributed by atoms with Gasteiger partial charge in [-0.05, 0) is 43.0 Å². The van der Waals surface area contributed by atoms with Gasteiger partial charge in [-0.15, -0.1) is 13.2 Å². The fourth-order valence-electron chi connectivity index (χ4n) is 2.78. The summed E-state index contributed by atoms with van der Waals surface area (Å²) in [4.78, 5) is 4.37. The van der Waals surface area contributed by atoms with Crippen LogP contribution in [-0.4, -0.2) is 40.6 Å². The summed E-state index contributed by atoms with van der Waals surface area (Å²) in [6.07, 6.45) is 4.17. The third-order valence-electron chi connectivity index (χ3n) is 4.43. The zero-order valence-electron chi connectivity index (χ0n) is 16.8. The van der Waals surface area contributed by atoms with E-state index in [1.54, 1.807) is 7.11 Å². The van der Waals surface area contributed by atoms with Crippen molar-refractivity contribution in [1.82, 2.24) is 9.80 Å². The van der Waals surface area contributed by atoms with Crippen molar-refractivity contribution in [1.29, 1.82) is 0 Å². The Morgan fingerprint density at radius 2 is 1.67 bits per heavy atom. The van der Waals surface area contributed by atoms with E-state index in [1.165, 1.54) is 5.56 Å². The van der Waals surface area contributed by atoms with Crippen molar-refractivity contribution in [3.05, 3.63) is 78.3 Å². The van der Waals surface area contributed by atoms with Crippen LogP contribution < -0.4 is 4.74 Å². The molecule has 150 valence electrons. The van der Waals surface area contributed by atoms with Gasteiger partial charge in [-0.1, -0.05) is 23.5 Å². The second kappa shape index (κ2) is 9.73. The Morgan fingerprint density at radius 3 is 2.19 bits per heavy atom. The maximum atomic E-state index is 6.53. The normalized spacial score (nSPS) is 17.4. The third kappa shape index (κ3) is 6.35. The maximum Gasteiger partial charge on any atom is 0.230 e. The van der Waals surface area contributed by atoms with Crippen LogP contribution >= 0.6 is 0 Å². The molecule has 0 amide bonds. The molecule has 1 aromatic rings. The standard InChI is InChI=1S/C20H30N2O2Si2.Pt/c1-8-25(5,6)24-26(7,9-2)17-20-21(3)14-15-22(20)16-18-10-12-19(23-4)13-11-18;/h8-15,17H,1-2,16H2,3-7H3;. The first-order valence-electron chi connectivity index (χ1n) is 8.73. The van der Waals surface area contributed by atoms with E-state index in [2.05, 4.69) is 79.9 Å². The topological polar surface area (TPSA) is 24.9 Å². The Balaban J connectivity index is 0.00000364. The van der Waals surface area contributed by atoms with Crippen LogP contribution in [0.2, 0.25) is 19.6 Å². The van der Waals surface area contributed by atoms with Crippen LogP contribution in [0.4, 0.5) is 0 Å². The zero-order chi connectivity index (χ0) is 19.4. The van der Waals surface area contributed by atoms with Crippen LogP contribution in [0.15, 0.2) is 72.7 Å². The van der Waals surface area contributed by atoms with Crippen LogP contribution in [0, 0.1) is 0 Å². The van der Waals surface area contributed by atoms with Crippen molar-refractivity contribution in [3.8, 4) is 5.75 Å². The molecule has 0 saturated carbocycles. The second-order valence-electron chi connectivity index (χ2n) is 7.19. The zero-order valence-corrected chi connectivity index (χ0v) is 21.1. The van der Waals surface area contributed by atoms with Crippen LogP contribution in [0.1, 0.15) is 5.56 Å². The molecule has 1 atom stereocenters. The van der Waals surface area contributed by atoms with Gasteiger partial charge in [0.05, 0.1) is 7.11 Å². The Bertz CT molecular complexity index is 719. The number of hydrogen-bond donors (Lipinski definition) is 0. The second-order valence-corrected chi connectivity index (χ2v) is 14.7. The Labute approximate surface area is 180 Å². The van der Waals surface area contributed by atoms with E-state index in [4.69, 9.17) is 8.85 Å². The SMILES string of the molecule is C=C[Si](C)(C)O[Si](C)(C=C)C=C1N(C)C=CN1Cc1ccc(OC)cc1.[Pt]. The average molecular weight is 582 g/mol. The number of ether oxygens (including phenoxy) is 1. The molecule has 0 fully saturated rings. The van der Waals surface area contributed by atoms with Gasteiger partial charge >= 0.3 is 0 Å². The fraction of sp³-hybridized carbons (Fsp3) is 0.300. The molecule has 4 nitrogen and oxygen atoms in total. The van der Waals surface area contributed by atoms with E-state index in [9.17, 15) is 0 Å². The van der Waals surface area contributed by atoms with E-state index in [0.717, 1.165) is 18.1 Å².